The number of benzene rings is 1. The van der Waals surface area contributed by atoms with Crippen LogP contribution in [-0.2, 0) is 28.7 Å². The first-order valence-corrected chi connectivity index (χ1v) is 17.3. The van der Waals surface area contributed by atoms with Crippen molar-refractivity contribution in [1.29, 1.82) is 0 Å². The van der Waals surface area contributed by atoms with Crippen molar-refractivity contribution < 1.29 is 33.8 Å². The summed E-state index contributed by atoms with van der Waals surface area (Å²) >= 11 is 0. The summed E-state index contributed by atoms with van der Waals surface area (Å²) in [5.41, 5.74) is -0.390. The van der Waals surface area contributed by atoms with Crippen LogP contribution in [0.1, 0.15) is 83.3 Å². The molecule has 0 aromatic heterocycles. The molecule has 3 aliphatic heterocycles. The van der Waals surface area contributed by atoms with E-state index in [1.807, 2.05) is 37.3 Å². The van der Waals surface area contributed by atoms with Crippen LogP contribution in [0.2, 0.25) is 0 Å². The third-order valence-electron chi connectivity index (χ3n) is 10.2. The van der Waals surface area contributed by atoms with E-state index < -0.39 is 47.7 Å². The van der Waals surface area contributed by atoms with Gasteiger partial charge in [0.2, 0.25) is 17.7 Å². The van der Waals surface area contributed by atoms with Crippen LogP contribution in [0.3, 0.4) is 0 Å². The lowest BCUT2D eigenvalue weighted by molar-refractivity contribution is -0.164. The minimum absolute atomic E-state index is 0.0573. The number of carbonyl (C=O) groups excluding carboxylic acids is 4. The SMILES string of the molecule is C=CCCC(=O)N(C)[C@H](C)[C@H](OC(=O)[C@@H]1[C@H]2C(=O)N(CCCCCO)[C@H](C(=O)N(CC=C)CCCC)[C@]23CC[C@H]1O3)c1ccccc1. The fraction of sp³-hybridized carbons (Fsp3) is 0.622. The number of aliphatic hydroxyl groups is 1. The molecule has 1 spiro atoms. The topological polar surface area (TPSA) is 117 Å². The van der Waals surface area contributed by atoms with Gasteiger partial charge < -0.3 is 29.3 Å². The number of likely N-dealkylation sites (N-methyl/N-ethyl adjacent to an activating group) is 1. The molecule has 258 valence electrons. The summed E-state index contributed by atoms with van der Waals surface area (Å²) in [6.45, 7) is 12.8. The Morgan fingerprint density at radius 3 is 2.55 bits per heavy atom. The molecule has 3 saturated heterocycles. The van der Waals surface area contributed by atoms with Crippen molar-refractivity contribution in [3.63, 3.8) is 0 Å². The minimum Gasteiger partial charge on any atom is -0.455 e. The largest absolute Gasteiger partial charge is 0.455 e. The highest BCUT2D eigenvalue weighted by Crippen LogP contribution is 2.59. The molecule has 0 unspecified atom stereocenters. The zero-order valence-electron chi connectivity index (χ0n) is 28.4. The smallest absolute Gasteiger partial charge is 0.313 e. The molecule has 3 heterocycles. The van der Waals surface area contributed by atoms with Gasteiger partial charge in [-0.3, -0.25) is 19.2 Å². The van der Waals surface area contributed by atoms with Gasteiger partial charge in [-0.05, 0) is 57.4 Å². The van der Waals surface area contributed by atoms with Crippen molar-refractivity contribution in [1.82, 2.24) is 14.7 Å². The van der Waals surface area contributed by atoms with Gasteiger partial charge in [0.25, 0.3) is 0 Å². The van der Waals surface area contributed by atoms with Gasteiger partial charge in [0, 0.05) is 39.7 Å². The Kier molecular flexibility index (Phi) is 12.8. The average Bonchev–Trinajstić information content (AvgIpc) is 3.73. The molecule has 47 heavy (non-hydrogen) atoms. The van der Waals surface area contributed by atoms with E-state index in [4.69, 9.17) is 9.47 Å². The van der Waals surface area contributed by atoms with Gasteiger partial charge in [-0.2, -0.15) is 0 Å². The molecule has 0 saturated carbocycles. The molecule has 3 fully saturated rings. The Balaban J connectivity index is 1.65. The van der Waals surface area contributed by atoms with Crippen LogP contribution >= 0.6 is 0 Å². The predicted molar refractivity (Wildman–Crippen MR) is 179 cm³/mol. The maximum atomic E-state index is 14.4. The molecule has 1 aromatic carbocycles. The highest BCUT2D eigenvalue weighted by atomic mass is 16.6. The van der Waals surface area contributed by atoms with Crippen LogP contribution < -0.4 is 0 Å². The molecule has 2 bridgehead atoms. The van der Waals surface area contributed by atoms with E-state index >= 15 is 0 Å². The first-order valence-electron chi connectivity index (χ1n) is 17.3. The number of unbranched alkanes of at least 4 members (excludes halogenated alkanes) is 3. The first kappa shape index (κ1) is 36.3. The number of rotatable bonds is 19. The molecule has 7 atom stereocenters. The average molecular weight is 652 g/mol. The monoisotopic (exact) mass is 651 g/mol. The lowest BCUT2D eigenvalue weighted by atomic mass is 9.70. The van der Waals surface area contributed by atoms with Gasteiger partial charge in [-0.1, -0.05) is 55.8 Å². The summed E-state index contributed by atoms with van der Waals surface area (Å²) in [5.74, 6) is -2.81. The summed E-state index contributed by atoms with van der Waals surface area (Å²) in [6, 6.07) is 7.97. The van der Waals surface area contributed by atoms with Crippen LogP contribution in [0, 0.1) is 11.8 Å². The Labute approximate surface area is 279 Å². The van der Waals surface area contributed by atoms with Gasteiger partial charge in [-0.25, -0.2) is 0 Å². The van der Waals surface area contributed by atoms with Gasteiger partial charge >= 0.3 is 5.97 Å². The van der Waals surface area contributed by atoms with Gasteiger partial charge in [0.15, 0.2) is 0 Å². The molecule has 1 N–H and O–H groups in total. The molecule has 10 heteroatoms. The summed E-state index contributed by atoms with van der Waals surface area (Å²) in [7, 11) is 1.70. The van der Waals surface area contributed by atoms with E-state index in [0.717, 1.165) is 18.4 Å². The third kappa shape index (κ3) is 7.49. The highest BCUT2D eigenvalue weighted by molar-refractivity contribution is 5.98. The van der Waals surface area contributed by atoms with E-state index in [1.165, 1.54) is 0 Å². The molecule has 4 rings (SSSR count). The number of amides is 3. The van der Waals surface area contributed by atoms with Crippen LogP contribution in [0.4, 0.5) is 0 Å². The number of hydrogen-bond acceptors (Lipinski definition) is 7. The summed E-state index contributed by atoms with van der Waals surface area (Å²) < 4.78 is 12.9. The number of nitrogens with zero attached hydrogens (tertiary/aromatic N) is 3. The number of likely N-dealkylation sites (tertiary alicyclic amines) is 1. The minimum atomic E-state index is -1.13. The molecule has 10 nitrogen and oxygen atoms in total. The third-order valence-corrected chi connectivity index (χ3v) is 10.2. The molecular weight excluding hydrogens is 598 g/mol. The number of allylic oxidation sites excluding steroid dienone is 1. The zero-order chi connectivity index (χ0) is 34.1. The Hall–Kier alpha value is -3.50. The second kappa shape index (κ2) is 16.6. The number of esters is 1. The van der Waals surface area contributed by atoms with Crippen molar-refractivity contribution in [2.45, 2.75) is 102 Å². The number of hydrogen-bond donors (Lipinski definition) is 1. The Morgan fingerprint density at radius 2 is 1.89 bits per heavy atom. The van der Waals surface area contributed by atoms with E-state index in [0.29, 0.717) is 64.6 Å². The molecule has 1 aromatic rings. The summed E-state index contributed by atoms with van der Waals surface area (Å²) in [5, 5.41) is 9.32. The maximum absolute atomic E-state index is 14.4. The standard InChI is InChI=1S/C37H53N3O7/c1-6-9-19-29(42)38(5)26(4)32(27-17-13-11-14-18-27)46-36(45)30-28-20-21-37(47-28)31(30)34(43)40(24-15-12-16-25-41)33(37)35(44)39(22-8-3)23-10-7-2/h6,8,11,13-14,17-18,26,28,30-33,41H,1,3,7,9-10,12,15-16,19-25H2,2,4-5H3/t26-,28-,30+,31+,32+,33-,37+/m1/s1. The number of carbonyl (C=O) groups is 4. The van der Waals surface area contributed by atoms with Crippen LogP contribution in [-0.4, -0.2) is 101 Å². The molecule has 3 aliphatic rings. The van der Waals surface area contributed by atoms with Crippen molar-refractivity contribution in [3.05, 3.63) is 61.2 Å². The highest BCUT2D eigenvalue weighted by Gasteiger charge is 2.75. The van der Waals surface area contributed by atoms with Crippen LogP contribution in [0.25, 0.3) is 0 Å². The second-order valence-corrected chi connectivity index (χ2v) is 13.1. The van der Waals surface area contributed by atoms with Crippen molar-refractivity contribution in [3.8, 4) is 0 Å². The molecule has 0 aliphatic carbocycles. The number of ether oxygens (including phenoxy) is 2. The molecule has 3 amide bonds. The molecule has 0 radical (unpaired) electrons. The van der Waals surface area contributed by atoms with Gasteiger partial charge in [0.05, 0.1) is 24.0 Å². The fourth-order valence-electron chi connectivity index (χ4n) is 7.60. The lowest BCUT2D eigenvalue weighted by Crippen LogP contribution is -2.56. The summed E-state index contributed by atoms with van der Waals surface area (Å²) in [6.07, 6.45) is 7.58. The lowest BCUT2D eigenvalue weighted by Gasteiger charge is -2.37. The fourth-order valence-corrected chi connectivity index (χ4v) is 7.60. The normalized spacial score (nSPS) is 25.6. The van der Waals surface area contributed by atoms with E-state index in [1.54, 1.807) is 33.9 Å². The van der Waals surface area contributed by atoms with Gasteiger partial charge in [0.1, 0.15) is 17.7 Å². The Bertz CT molecular complexity index is 1270. The van der Waals surface area contributed by atoms with E-state index in [2.05, 4.69) is 20.1 Å². The Morgan fingerprint density at radius 1 is 1.15 bits per heavy atom. The van der Waals surface area contributed by atoms with E-state index in [9.17, 15) is 24.3 Å². The van der Waals surface area contributed by atoms with Crippen molar-refractivity contribution in [2.75, 3.05) is 33.3 Å². The first-order chi connectivity index (χ1) is 22.7. The summed E-state index contributed by atoms with van der Waals surface area (Å²) in [4.78, 5) is 61.0. The van der Waals surface area contributed by atoms with Gasteiger partial charge in [-0.15, -0.1) is 13.2 Å². The quantitative estimate of drug-likeness (QED) is 0.134. The van der Waals surface area contributed by atoms with Crippen LogP contribution in [0.15, 0.2) is 55.6 Å². The van der Waals surface area contributed by atoms with Crippen molar-refractivity contribution >= 4 is 23.7 Å². The van der Waals surface area contributed by atoms with E-state index in [-0.39, 0.29) is 24.3 Å². The number of fused-ring (bicyclic) bond motifs is 1. The molecular formula is C37H53N3O7. The van der Waals surface area contributed by atoms with Crippen LogP contribution in [0.5, 0.6) is 0 Å². The number of aliphatic hydroxyl groups excluding tert-OH is 1. The second-order valence-electron chi connectivity index (χ2n) is 13.1. The maximum Gasteiger partial charge on any atom is 0.313 e. The van der Waals surface area contributed by atoms with Crippen molar-refractivity contribution in [2.24, 2.45) is 11.8 Å². The predicted octanol–water partition coefficient (Wildman–Crippen LogP) is 4.44. The zero-order valence-corrected chi connectivity index (χ0v) is 28.4.